The van der Waals surface area contributed by atoms with Crippen LogP contribution in [0.2, 0.25) is 0 Å². The van der Waals surface area contributed by atoms with E-state index >= 15 is 0 Å². The lowest BCUT2D eigenvalue weighted by Crippen LogP contribution is -2.19. The van der Waals surface area contributed by atoms with Crippen molar-refractivity contribution in [3.63, 3.8) is 0 Å². The molecule has 0 saturated carbocycles. The first kappa shape index (κ1) is 14.2. The number of benzene rings is 2. The molecule has 2 aromatic carbocycles. The van der Waals surface area contributed by atoms with Crippen molar-refractivity contribution in [3.8, 4) is 0 Å². The van der Waals surface area contributed by atoms with Gasteiger partial charge >= 0.3 is 5.97 Å². The molecule has 0 amide bonds. The fourth-order valence-electron chi connectivity index (χ4n) is 2.12. The number of rotatable bonds is 5. The molecular weight excluding hydrogens is 262 g/mol. The zero-order valence-electron chi connectivity index (χ0n) is 10.7. The third kappa shape index (κ3) is 3.63. The standard InChI is InChI=1S/C16H14F2O2/c17-14-6-3-4-11(9-14)8-13(16(19)20)10-12-5-1-2-7-15(12)18/h1-7,9,13H,8,10H2,(H,19,20). The molecule has 0 aromatic heterocycles. The second-order valence-corrected chi connectivity index (χ2v) is 4.66. The van der Waals surface area contributed by atoms with Crippen LogP contribution in [-0.2, 0) is 17.6 Å². The maximum Gasteiger partial charge on any atom is 0.307 e. The van der Waals surface area contributed by atoms with Crippen LogP contribution in [0.1, 0.15) is 11.1 Å². The molecule has 2 aromatic rings. The molecule has 0 aliphatic rings. The first-order valence-electron chi connectivity index (χ1n) is 6.27. The molecule has 104 valence electrons. The van der Waals surface area contributed by atoms with Gasteiger partial charge in [0.15, 0.2) is 0 Å². The lowest BCUT2D eigenvalue weighted by atomic mass is 9.92. The summed E-state index contributed by atoms with van der Waals surface area (Å²) in [6.07, 6.45) is 0.250. The SMILES string of the molecule is O=C(O)C(Cc1cccc(F)c1)Cc1ccccc1F. The van der Waals surface area contributed by atoms with Crippen LogP contribution in [0.25, 0.3) is 0 Å². The van der Waals surface area contributed by atoms with Gasteiger partial charge in [-0.05, 0) is 42.2 Å². The molecule has 2 nitrogen and oxygen atoms in total. The van der Waals surface area contributed by atoms with Gasteiger partial charge in [0, 0.05) is 0 Å². The Morgan fingerprint density at radius 1 is 1.05 bits per heavy atom. The van der Waals surface area contributed by atoms with E-state index in [9.17, 15) is 18.7 Å². The van der Waals surface area contributed by atoms with Gasteiger partial charge in [-0.2, -0.15) is 0 Å². The molecule has 0 fully saturated rings. The molecule has 0 saturated heterocycles. The third-order valence-corrected chi connectivity index (χ3v) is 3.14. The van der Waals surface area contributed by atoms with E-state index in [1.54, 1.807) is 24.3 Å². The van der Waals surface area contributed by atoms with Crippen LogP contribution in [0.3, 0.4) is 0 Å². The predicted octanol–water partition coefficient (Wildman–Crippen LogP) is 3.45. The van der Waals surface area contributed by atoms with Gasteiger partial charge in [-0.25, -0.2) is 8.78 Å². The first-order valence-corrected chi connectivity index (χ1v) is 6.27. The summed E-state index contributed by atoms with van der Waals surface area (Å²) in [5.41, 5.74) is 0.949. The number of hydrogen-bond acceptors (Lipinski definition) is 1. The molecule has 1 N–H and O–H groups in total. The summed E-state index contributed by atoms with van der Waals surface area (Å²) in [6.45, 7) is 0. The van der Waals surface area contributed by atoms with Crippen LogP contribution in [0, 0.1) is 17.6 Å². The molecule has 0 radical (unpaired) electrons. The van der Waals surface area contributed by atoms with Gasteiger partial charge in [-0.15, -0.1) is 0 Å². The zero-order valence-corrected chi connectivity index (χ0v) is 10.7. The van der Waals surface area contributed by atoms with Gasteiger partial charge in [-0.1, -0.05) is 30.3 Å². The molecule has 0 spiro atoms. The van der Waals surface area contributed by atoms with Gasteiger partial charge in [0.1, 0.15) is 11.6 Å². The molecule has 1 unspecified atom stereocenters. The minimum atomic E-state index is -1.02. The molecule has 1 atom stereocenters. The van der Waals surface area contributed by atoms with Crippen molar-refractivity contribution >= 4 is 5.97 Å². The Bertz CT molecular complexity index is 611. The van der Waals surface area contributed by atoms with Crippen molar-refractivity contribution < 1.29 is 18.7 Å². The summed E-state index contributed by atoms with van der Waals surface area (Å²) < 4.78 is 26.7. The number of hydrogen-bond donors (Lipinski definition) is 1. The van der Waals surface area contributed by atoms with E-state index in [0.717, 1.165) is 0 Å². The molecule has 0 aliphatic heterocycles. The van der Waals surface area contributed by atoms with E-state index in [4.69, 9.17) is 0 Å². The first-order chi connectivity index (χ1) is 9.56. The minimum Gasteiger partial charge on any atom is -0.481 e. The Labute approximate surface area is 115 Å². The van der Waals surface area contributed by atoms with E-state index in [-0.39, 0.29) is 12.8 Å². The average Bonchev–Trinajstić information content (AvgIpc) is 2.40. The molecule has 0 heterocycles. The number of carboxylic acid groups (broad SMARTS) is 1. The van der Waals surface area contributed by atoms with Crippen molar-refractivity contribution in [2.24, 2.45) is 5.92 Å². The molecule has 0 bridgehead atoms. The van der Waals surface area contributed by atoms with Gasteiger partial charge in [0.25, 0.3) is 0 Å². The monoisotopic (exact) mass is 276 g/mol. The van der Waals surface area contributed by atoms with E-state index in [1.807, 2.05) is 0 Å². The van der Waals surface area contributed by atoms with Crippen LogP contribution < -0.4 is 0 Å². The van der Waals surface area contributed by atoms with Crippen molar-refractivity contribution in [2.45, 2.75) is 12.8 Å². The molecule has 2 rings (SSSR count). The fourth-order valence-corrected chi connectivity index (χ4v) is 2.12. The summed E-state index contributed by atoms with van der Waals surface area (Å²) in [7, 11) is 0. The summed E-state index contributed by atoms with van der Waals surface area (Å²) in [6, 6.07) is 11.9. The number of halogens is 2. The van der Waals surface area contributed by atoms with Gasteiger partial charge in [0.05, 0.1) is 5.92 Å². The van der Waals surface area contributed by atoms with E-state index in [2.05, 4.69) is 0 Å². The molecule has 4 heteroatoms. The van der Waals surface area contributed by atoms with E-state index in [1.165, 1.54) is 24.3 Å². The van der Waals surface area contributed by atoms with Gasteiger partial charge in [-0.3, -0.25) is 4.79 Å². The quantitative estimate of drug-likeness (QED) is 0.908. The van der Waals surface area contributed by atoms with E-state index in [0.29, 0.717) is 11.1 Å². The highest BCUT2D eigenvalue weighted by Crippen LogP contribution is 2.18. The number of aliphatic carboxylic acids is 1. The predicted molar refractivity (Wildman–Crippen MR) is 71.3 cm³/mol. The highest BCUT2D eigenvalue weighted by Gasteiger charge is 2.20. The average molecular weight is 276 g/mol. The topological polar surface area (TPSA) is 37.3 Å². The van der Waals surface area contributed by atoms with Gasteiger partial charge in [0.2, 0.25) is 0 Å². The van der Waals surface area contributed by atoms with Crippen LogP contribution in [0.4, 0.5) is 8.78 Å². The highest BCUT2D eigenvalue weighted by atomic mass is 19.1. The second-order valence-electron chi connectivity index (χ2n) is 4.66. The largest absolute Gasteiger partial charge is 0.481 e. The lowest BCUT2D eigenvalue weighted by Gasteiger charge is -2.13. The second kappa shape index (κ2) is 6.28. The highest BCUT2D eigenvalue weighted by molar-refractivity contribution is 5.70. The maximum atomic E-state index is 13.6. The number of carbonyl (C=O) groups is 1. The Kier molecular flexibility index (Phi) is 4.45. The van der Waals surface area contributed by atoms with E-state index < -0.39 is 23.5 Å². The van der Waals surface area contributed by atoms with Crippen molar-refractivity contribution in [1.29, 1.82) is 0 Å². The van der Waals surface area contributed by atoms with Crippen LogP contribution in [-0.4, -0.2) is 11.1 Å². The minimum absolute atomic E-state index is 0.0819. The summed E-state index contributed by atoms with van der Waals surface area (Å²) in [5.74, 6) is -2.62. The Balaban J connectivity index is 2.16. The number of carboxylic acids is 1. The third-order valence-electron chi connectivity index (χ3n) is 3.14. The van der Waals surface area contributed by atoms with Gasteiger partial charge < -0.3 is 5.11 Å². The fraction of sp³-hybridized carbons (Fsp3) is 0.188. The molecule has 20 heavy (non-hydrogen) atoms. The van der Waals surface area contributed by atoms with Crippen molar-refractivity contribution in [1.82, 2.24) is 0 Å². The van der Waals surface area contributed by atoms with Crippen molar-refractivity contribution in [2.75, 3.05) is 0 Å². The Morgan fingerprint density at radius 3 is 2.45 bits per heavy atom. The normalized spacial score (nSPS) is 12.1. The molecular formula is C16H14F2O2. The van der Waals surface area contributed by atoms with Crippen LogP contribution in [0.5, 0.6) is 0 Å². The summed E-state index contributed by atoms with van der Waals surface area (Å²) in [5, 5.41) is 9.24. The van der Waals surface area contributed by atoms with Crippen LogP contribution >= 0.6 is 0 Å². The maximum absolute atomic E-state index is 13.6. The summed E-state index contributed by atoms with van der Waals surface area (Å²) >= 11 is 0. The Hall–Kier alpha value is -2.23. The zero-order chi connectivity index (χ0) is 14.5. The summed E-state index contributed by atoms with van der Waals surface area (Å²) in [4.78, 5) is 11.3. The Morgan fingerprint density at radius 2 is 1.80 bits per heavy atom. The molecule has 0 aliphatic carbocycles. The van der Waals surface area contributed by atoms with Crippen molar-refractivity contribution in [3.05, 3.63) is 71.3 Å². The smallest absolute Gasteiger partial charge is 0.307 e. The van der Waals surface area contributed by atoms with Crippen LogP contribution in [0.15, 0.2) is 48.5 Å². The lowest BCUT2D eigenvalue weighted by molar-refractivity contribution is -0.141.